The third-order valence-corrected chi connectivity index (χ3v) is 3.85. The van der Waals surface area contributed by atoms with Gasteiger partial charge < -0.3 is 9.80 Å². The minimum absolute atomic E-state index is 0.0289. The molecule has 0 saturated carbocycles. The van der Waals surface area contributed by atoms with E-state index in [0.717, 1.165) is 13.1 Å². The average Bonchev–Trinajstić information content (AvgIpc) is 2.45. The molecule has 0 fully saturated rings. The second kappa shape index (κ2) is 7.36. The zero-order valence-corrected chi connectivity index (χ0v) is 13.7. The molecule has 10 heteroatoms. The van der Waals surface area contributed by atoms with Crippen molar-refractivity contribution in [2.45, 2.75) is 13.8 Å². The molecule has 21 heavy (non-hydrogen) atoms. The molecule has 0 aromatic carbocycles. The largest absolute Gasteiger partial charge is 0.343 e. The van der Waals surface area contributed by atoms with Gasteiger partial charge in [-0.2, -0.15) is 15.0 Å². The van der Waals surface area contributed by atoms with Gasteiger partial charge in [-0.15, -0.1) is 0 Å². The molecule has 3 N–H and O–H groups in total. The Kier molecular flexibility index (Phi) is 6.09. The Morgan fingerprint density at radius 3 is 2.19 bits per heavy atom. The third kappa shape index (κ3) is 5.31. The van der Waals surface area contributed by atoms with Crippen LogP contribution < -0.4 is 21.1 Å². The van der Waals surface area contributed by atoms with Gasteiger partial charge in [0.15, 0.2) is 0 Å². The number of hydrogen-bond acceptors (Lipinski definition) is 9. The number of rotatable bonds is 8. The maximum Gasteiger partial charge on any atom is 0.243 e. The van der Waals surface area contributed by atoms with Crippen molar-refractivity contribution in [3.63, 3.8) is 0 Å². The minimum Gasteiger partial charge on any atom is -0.343 e. The lowest BCUT2D eigenvalue weighted by Crippen LogP contribution is -2.30. The van der Waals surface area contributed by atoms with E-state index in [9.17, 15) is 8.42 Å². The lowest BCUT2D eigenvalue weighted by Gasteiger charge is -2.22. The Hall–Kier alpha value is -1.68. The van der Waals surface area contributed by atoms with E-state index < -0.39 is 9.84 Å². The van der Waals surface area contributed by atoms with Crippen molar-refractivity contribution < 1.29 is 8.42 Å². The summed E-state index contributed by atoms with van der Waals surface area (Å²) in [4.78, 5) is 16.3. The van der Waals surface area contributed by atoms with Gasteiger partial charge in [0, 0.05) is 32.9 Å². The normalized spacial score (nSPS) is 11.3. The highest BCUT2D eigenvalue weighted by Gasteiger charge is 2.14. The molecule has 0 atom stereocenters. The second-order valence-electron chi connectivity index (χ2n) is 4.63. The summed E-state index contributed by atoms with van der Waals surface area (Å²) in [6.45, 7) is 5.78. The van der Waals surface area contributed by atoms with Crippen LogP contribution in [0, 0.1) is 0 Å². The molecule has 1 rings (SSSR count). The molecule has 1 aromatic rings. The van der Waals surface area contributed by atoms with Crippen molar-refractivity contribution in [3.8, 4) is 0 Å². The van der Waals surface area contributed by atoms with Crippen LogP contribution in [0.15, 0.2) is 0 Å². The van der Waals surface area contributed by atoms with Crippen LogP contribution in [0.1, 0.15) is 13.8 Å². The molecule has 1 aromatic heterocycles. The SMILES string of the molecule is CCN(CC)c1nc(NN)nc(N(C)CCS(C)(=O)=O)n1. The number of aromatic nitrogens is 3. The Balaban J connectivity index is 3.02. The summed E-state index contributed by atoms with van der Waals surface area (Å²) in [5.74, 6) is 6.53. The lowest BCUT2D eigenvalue weighted by molar-refractivity contribution is 0.600. The van der Waals surface area contributed by atoms with Gasteiger partial charge in [-0.05, 0) is 13.8 Å². The topological polar surface area (TPSA) is 117 Å². The van der Waals surface area contributed by atoms with Gasteiger partial charge in [0.25, 0.3) is 0 Å². The molecule has 0 bridgehead atoms. The first-order valence-corrected chi connectivity index (χ1v) is 8.73. The van der Waals surface area contributed by atoms with E-state index >= 15 is 0 Å². The summed E-state index contributed by atoms with van der Waals surface area (Å²) in [5, 5.41) is 0. The Bertz CT molecular complexity index is 560. The third-order valence-electron chi connectivity index (χ3n) is 2.93. The van der Waals surface area contributed by atoms with Crippen LogP contribution in [-0.4, -0.2) is 62.1 Å². The molecule has 0 aliphatic rings. The number of hydrogen-bond donors (Lipinski definition) is 2. The van der Waals surface area contributed by atoms with Gasteiger partial charge >= 0.3 is 0 Å². The van der Waals surface area contributed by atoms with Gasteiger partial charge in [0.2, 0.25) is 17.8 Å². The number of nitrogens with two attached hydrogens (primary N) is 1. The average molecular weight is 317 g/mol. The fourth-order valence-electron chi connectivity index (χ4n) is 1.64. The predicted octanol–water partition coefficient (Wildman–Crippen LogP) is -0.516. The molecule has 9 nitrogen and oxygen atoms in total. The molecule has 0 saturated heterocycles. The summed E-state index contributed by atoms with van der Waals surface area (Å²) in [5.41, 5.74) is 2.40. The second-order valence-corrected chi connectivity index (χ2v) is 6.89. The smallest absolute Gasteiger partial charge is 0.243 e. The standard InChI is InChI=1S/C11H23N7O2S/c1-5-18(6-2)11-14-9(16-12)13-10(15-11)17(3)7-8-21(4,19)20/h5-8,12H2,1-4H3,(H,13,14,15,16). The summed E-state index contributed by atoms with van der Waals surface area (Å²) < 4.78 is 22.5. The number of nitrogens with zero attached hydrogens (tertiary/aromatic N) is 5. The molecular formula is C11H23N7O2S. The highest BCUT2D eigenvalue weighted by atomic mass is 32.2. The van der Waals surface area contributed by atoms with Crippen LogP contribution in [0.25, 0.3) is 0 Å². The molecule has 1 heterocycles. The Morgan fingerprint density at radius 1 is 1.14 bits per heavy atom. The summed E-state index contributed by atoms with van der Waals surface area (Å²) in [7, 11) is -1.31. The molecule has 0 radical (unpaired) electrons. The lowest BCUT2D eigenvalue weighted by atomic mass is 10.5. The zero-order valence-electron chi connectivity index (χ0n) is 12.9. The summed E-state index contributed by atoms with van der Waals surface area (Å²) >= 11 is 0. The molecule has 0 aliphatic carbocycles. The van der Waals surface area contributed by atoms with Crippen molar-refractivity contribution in [2.75, 3.05) is 53.9 Å². The first kappa shape index (κ1) is 17.4. The quantitative estimate of drug-likeness (QED) is 0.482. The number of hydrazine groups is 1. The number of anilines is 3. The highest BCUT2D eigenvalue weighted by Crippen LogP contribution is 2.15. The summed E-state index contributed by atoms with van der Waals surface area (Å²) in [6, 6.07) is 0. The van der Waals surface area contributed by atoms with Gasteiger partial charge in [-0.1, -0.05) is 0 Å². The fourth-order valence-corrected chi connectivity index (χ4v) is 2.25. The molecular weight excluding hydrogens is 294 g/mol. The van der Waals surface area contributed by atoms with E-state index in [4.69, 9.17) is 5.84 Å². The molecule has 0 aliphatic heterocycles. The van der Waals surface area contributed by atoms with E-state index in [-0.39, 0.29) is 11.7 Å². The number of sulfone groups is 1. The molecule has 0 spiro atoms. The highest BCUT2D eigenvalue weighted by molar-refractivity contribution is 7.90. The zero-order chi connectivity index (χ0) is 16.0. The van der Waals surface area contributed by atoms with Crippen LogP contribution in [0.4, 0.5) is 17.8 Å². The van der Waals surface area contributed by atoms with Crippen LogP contribution in [-0.2, 0) is 9.84 Å². The fraction of sp³-hybridized carbons (Fsp3) is 0.727. The van der Waals surface area contributed by atoms with E-state index in [1.807, 2.05) is 18.7 Å². The molecule has 120 valence electrons. The van der Waals surface area contributed by atoms with E-state index in [1.165, 1.54) is 6.26 Å². The Labute approximate surface area is 125 Å². The molecule has 0 unspecified atom stereocenters. The summed E-state index contributed by atoms with van der Waals surface area (Å²) in [6.07, 6.45) is 1.20. The van der Waals surface area contributed by atoms with Gasteiger partial charge in [0.05, 0.1) is 5.75 Å². The molecule has 0 amide bonds. The van der Waals surface area contributed by atoms with Crippen LogP contribution in [0.2, 0.25) is 0 Å². The van der Waals surface area contributed by atoms with E-state index in [0.29, 0.717) is 18.4 Å². The van der Waals surface area contributed by atoms with Crippen LogP contribution in [0.5, 0.6) is 0 Å². The van der Waals surface area contributed by atoms with Crippen molar-refractivity contribution in [3.05, 3.63) is 0 Å². The number of nitrogens with one attached hydrogen (secondary N) is 1. The first-order valence-electron chi connectivity index (χ1n) is 6.67. The van der Waals surface area contributed by atoms with Crippen molar-refractivity contribution in [2.24, 2.45) is 5.84 Å². The maximum absolute atomic E-state index is 11.2. The van der Waals surface area contributed by atoms with Crippen LogP contribution >= 0.6 is 0 Å². The van der Waals surface area contributed by atoms with E-state index in [2.05, 4.69) is 20.4 Å². The first-order chi connectivity index (χ1) is 9.80. The van der Waals surface area contributed by atoms with E-state index in [1.54, 1.807) is 11.9 Å². The van der Waals surface area contributed by atoms with Crippen molar-refractivity contribution >= 4 is 27.7 Å². The van der Waals surface area contributed by atoms with Crippen molar-refractivity contribution in [1.29, 1.82) is 0 Å². The monoisotopic (exact) mass is 317 g/mol. The predicted molar refractivity (Wildman–Crippen MR) is 84.2 cm³/mol. The van der Waals surface area contributed by atoms with Gasteiger partial charge in [0.1, 0.15) is 9.84 Å². The van der Waals surface area contributed by atoms with Gasteiger partial charge in [-0.25, -0.2) is 14.3 Å². The minimum atomic E-state index is -3.04. The van der Waals surface area contributed by atoms with Crippen LogP contribution in [0.3, 0.4) is 0 Å². The number of nitrogen functional groups attached to an aromatic ring is 1. The Morgan fingerprint density at radius 2 is 1.71 bits per heavy atom. The van der Waals surface area contributed by atoms with Crippen molar-refractivity contribution in [1.82, 2.24) is 15.0 Å². The van der Waals surface area contributed by atoms with Gasteiger partial charge in [-0.3, -0.25) is 5.43 Å². The maximum atomic E-state index is 11.2.